The molecule has 18 heavy (non-hydrogen) atoms. The zero-order chi connectivity index (χ0) is 13.6. The molecule has 1 aromatic rings. The Balaban J connectivity index is 0.000000659. The predicted molar refractivity (Wildman–Crippen MR) is 79.6 cm³/mol. The lowest BCUT2D eigenvalue weighted by Crippen LogP contribution is -1.90. The summed E-state index contributed by atoms with van der Waals surface area (Å²) in [5, 5.41) is 0. The van der Waals surface area contributed by atoms with Gasteiger partial charge in [-0.1, -0.05) is 52.0 Å². The molecule has 1 aromatic carbocycles. The van der Waals surface area contributed by atoms with Crippen LogP contribution in [0.25, 0.3) is 0 Å². The maximum absolute atomic E-state index is 5.62. The molecule has 96 valence electrons. The van der Waals surface area contributed by atoms with Crippen LogP contribution < -0.4 is 4.74 Å². The Morgan fingerprint density at radius 2 is 1.56 bits per heavy atom. The van der Waals surface area contributed by atoms with E-state index in [9.17, 15) is 0 Å². The quantitative estimate of drug-likeness (QED) is 0.641. The van der Waals surface area contributed by atoms with Crippen LogP contribution in [-0.2, 0) is 0 Å². The van der Waals surface area contributed by atoms with E-state index in [4.69, 9.17) is 4.74 Å². The first kappa shape index (κ1) is 16.0. The standard InChI is InChI=1S/C13H10O.2C2H6/c1-2-5-9-12(8-4-1)14-13-10-6-3-7-11-13;2*1-2/h1,3-11H;2*1-2H3. The average Bonchev–Trinajstić information content (AvgIpc) is 2.73. The molecule has 0 amide bonds. The van der Waals surface area contributed by atoms with Gasteiger partial charge in [0.05, 0.1) is 0 Å². The molecule has 0 aromatic heterocycles. The van der Waals surface area contributed by atoms with Gasteiger partial charge in [0.2, 0.25) is 0 Å². The highest BCUT2D eigenvalue weighted by atomic mass is 16.5. The second kappa shape index (κ2) is 11.5. The van der Waals surface area contributed by atoms with Crippen LogP contribution in [0, 0.1) is 0 Å². The third kappa shape index (κ3) is 6.57. The summed E-state index contributed by atoms with van der Waals surface area (Å²) in [6.07, 6.45) is 9.37. The summed E-state index contributed by atoms with van der Waals surface area (Å²) in [7, 11) is 0. The highest BCUT2D eigenvalue weighted by Crippen LogP contribution is 2.14. The van der Waals surface area contributed by atoms with Crippen molar-refractivity contribution in [3.63, 3.8) is 0 Å². The predicted octanol–water partition coefficient (Wildman–Crippen LogP) is 5.28. The molecule has 1 nitrogen and oxygen atoms in total. The Bertz CT molecular complexity index is 418. The van der Waals surface area contributed by atoms with Gasteiger partial charge in [0.25, 0.3) is 0 Å². The van der Waals surface area contributed by atoms with Gasteiger partial charge in [-0.3, -0.25) is 0 Å². The molecule has 1 aliphatic rings. The molecule has 0 saturated carbocycles. The first-order valence-corrected chi connectivity index (χ1v) is 6.47. The normalized spacial score (nSPS) is 11.2. The van der Waals surface area contributed by atoms with Crippen molar-refractivity contribution < 1.29 is 4.74 Å². The number of benzene rings is 1. The molecule has 0 saturated heterocycles. The second-order valence-corrected chi connectivity index (χ2v) is 2.84. The van der Waals surface area contributed by atoms with Gasteiger partial charge in [-0.15, -0.1) is 5.73 Å². The van der Waals surface area contributed by atoms with Crippen LogP contribution in [0.4, 0.5) is 0 Å². The van der Waals surface area contributed by atoms with E-state index in [0.717, 1.165) is 11.5 Å². The first-order chi connectivity index (χ1) is 8.95. The van der Waals surface area contributed by atoms with E-state index < -0.39 is 0 Å². The van der Waals surface area contributed by atoms with Crippen molar-refractivity contribution in [3.8, 4) is 5.75 Å². The molecular weight excluding hydrogens is 220 g/mol. The summed E-state index contributed by atoms with van der Waals surface area (Å²) < 4.78 is 5.62. The summed E-state index contributed by atoms with van der Waals surface area (Å²) in [5.41, 5.74) is 2.97. The zero-order valence-corrected chi connectivity index (χ0v) is 11.7. The summed E-state index contributed by atoms with van der Waals surface area (Å²) in [5.74, 6) is 1.66. The summed E-state index contributed by atoms with van der Waals surface area (Å²) in [6, 6.07) is 9.72. The van der Waals surface area contributed by atoms with Crippen molar-refractivity contribution in [2.24, 2.45) is 0 Å². The Morgan fingerprint density at radius 3 is 2.22 bits per heavy atom. The Hall–Kier alpha value is -1.98. The molecule has 0 aliphatic heterocycles. The van der Waals surface area contributed by atoms with Gasteiger partial charge in [-0.2, -0.15) is 0 Å². The molecule has 0 heterocycles. The van der Waals surface area contributed by atoms with E-state index in [1.165, 1.54) is 0 Å². The minimum absolute atomic E-state index is 0.817. The van der Waals surface area contributed by atoms with E-state index in [1.807, 2.05) is 88.4 Å². The van der Waals surface area contributed by atoms with E-state index in [1.54, 1.807) is 0 Å². The molecule has 0 spiro atoms. The first-order valence-electron chi connectivity index (χ1n) is 6.47. The number of allylic oxidation sites excluding steroid dienone is 4. The minimum Gasteiger partial charge on any atom is -0.457 e. The van der Waals surface area contributed by atoms with Crippen LogP contribution in [0.2, 0.25) is 0 Å². The highest BCUT2D eigenvalue weighted by Gasteiger charge is 1.95. The van der Waals surface area contributed by atoms with E-state index >= 15 is 0 Å². The minimum atomic E-state index is 0.817. The van der Waals surface area contributed by atoms with Crippen molar-refractivity contribution in [1.29, 1.82) is 0 Å². The van der Waals surface area contributed by atoms with Crippen LogP contribution in [0.15, 0.2) is 72.2 Å². The lowest BCUT2D eigenvalue weighted by molar-refractivity contribution is 0.444. The van der Waals surface area contributed by atoms with Gasteiger partial charge < -0.3 is 4.74 Å². The lowest BCUT2D eigenvalue weighted by atomic mass is 10.3. The fraction of sp³-hybridized carbons (Fsp3) is 0.235. The molecule has 0 radical (unpaired) electrons. The van der Waals surface area contributed by atoms with Gasteiger partial charge in [-0.05, 0) is 36.4 Å². The molecule has 0 unspecified atom stereocenters. The van der Waals surface area contributed by atoms with Crippen molar-refractivity contribution >= 4 is 0 Å². The molecular formula is C17H22O. The topological polar surface area (TPSA) is 9.23 Å². The van der Waals surface area contributed by atoms with Gasteiger partial charge >= 0.3 is 0 Å². The molecule has 1 aliphatic carbocycles. The Labute approximate surface area is 111 Å². The fourth-order valence-corrected chi connectivity index (χ4v) is 1.13. The summed E-state index contributed by atoms with van der Waals surface area (Å²) >= 11 is 0. The van der Waals surface area contributed by atoms with Crippen molar-refractivity contribution in [1.82, 2.24) is 0 Å². The number of rotatable bonds is 2. The number of hydrogen-bond donors (Lipinski definition) is 0. The maximum atomic E-state index is 5.62. The third-order valence-electron chi connectivity index (χ3n) is 1.78. The van der Waals surface area contributed by atoms with Gasteiger partial charge in [-0.25, -0.2) is 0 Å². The fourth-order valence-electron chi connectivity index (χ4n) is 1.13. The van der Waals surface area contributed by atoms with Crippen LogP contribution >= 0.6 is 0 Å². The van der Waals surface area contributed by atoms with Crippen molar-refractivity contribution in [3.05, 3.63) is 72.2 Å². The van der Waals surface area contributed by atoms with Gasteiger partial charge in [0, 0.05) is 0 Å². The summed E-state index contributed by atoms with van der Waals surface area (Å²) in [6.45, 7) is 8.00. The SMILES string of the molecule is C1=CC=CC(Oc2ccccc2)=CC=1.CC.CC. The smallest absolute Gasteiger partial charge is 0.128 e. The van der Waals surface area contributed by atoms with Crippen LogP contribution in [-0.4, -0.2) is 0 Å². The van der Waals surface area contributed by atoms with E-state index in [2.05, 4.69) is 5.73 Å². The van der Waals surface area contributed by atoms with Crippen LogP contribution in [0.3, 0.4) is 0 Å². The molecule has 0 bridgehead atoms. The lowest BCUT2D eigenvalue weighted by Gasteiger charge is -2.04. The number of ether oxygens (including phenoxy) is 1. The molecule has 0 fully saturated rings. The zero-order valence-electron chi connectivity index (χ0n) is 11.7. The Kier molecular flexibility index (Phi) is 10.2. The van der Waals surface area contributed by atoms with E-state index in [0.29, 0.717) is 0 Å². The van der Waals surface area contributed by atoms with Crippen molar-refractivity contribution in [2.75, 3.05) is 0 Å². The van der Waals surface area contributed by atoms with Gasteiger partial charge in [0.15, 0.2) is 0 Å². The molecule has 0 atom stereocenters. The Morgan fingerprint density at radius 1 is 0.889 bits per heavy atom. The van der Waals surface area contributed by atoms with Gasteiger partial charge in [0.1, 0.15) is 11.5 Å². The molecule has 0 N–H and O–H groups in total. The highest BCUT2D eigenvalue weighted by molar-refractivity contribution is 5.30. The number of hydrogen-bond acceptors (Lipinski definition) is 1. The maximum Gasteiger partial charge on any atom is 0.128 e. The second-order valence-electron chi connectivity index (χ2n) is 2.84. The molecule has 1 heteroatoms. The van der Waals surface area contributed by atoms with Crippen LogP contribution in [0.1, 0.15) is 27.7 Å². The third-order valence-corrected chi connectivity index (χ3v) is 1.78. The average molecular weight is 242 g/mol. The van der Waals surface area contributed by atoms with Crippen LogP contribution in [0.5, 0.6) is 5.75 Å². The van der Waals surface area contributed by atoms with E-state index in [-0.39, 0.29) is 0 Å². The number of para-hydroxylation sites is 1. The van der Waals surface area contributed by atoms with Crippen molar-refractivity contribution in [2.45, 2.75) is 27.7 Å². The largest absolute Gasteiger partial charge is 0.457 e. The molecule has 2 rings (SSSR count). The summed E-state index contributed by atoms with van der Waals surface area (Å²) in [4.78, 5) is 0. The monoisotopic (exact) mass is 242 g/mol.